The number of aromatic nitrogens is 1. The zero-order chi connectivity index (χ0) is 18.2. The minimum absolute atomic E-state index is 0.00829. The topological polar surface area (TPSA) is 135 Å². The number of amides is 1. The van der Waals surface area contributed by atoms with Crippen LogP contribution in [0.4, 0.5) is 4.79 Å². The molecule has 8 nitrogen and oxygen atoms in total. The Morgan fingerprint density at radius 1 is 1.32 bits per heavy atom. The van der Waals surface area contributed by atoms with Gasteiger partial charge in [-0.25, -0.2) is 4.79 Å². The van der Waals surface area contributed by atoms with Crippen molar-refractivity contribution in [2.45, 2.75) is 12.5 Å². The number of carboxylic acid groups (broad SMARTS) is 1. The lowest BCUT2D eigenvalue weighted by molar-refractivity contribution is 0.177. The lowest BCUT2D eigenvalue weighted by Crippen LogP contribution is -2.24. The molecular weight excluding hydrogens is 366 g/mol. The first-order valence-corrected chi connectivity index (χ1v) is 9.74. The molecule has 1 aromatic carbocycles. The van der Waals surface area contributed by atoms with Crippen LogP contribution in [0.1, 0.15) is 18.1 Å². The molecule has 0 radical (unpaired) electrons. The van der Waals surface area contributed by atoms with Gasteiger partial charge in [-0.15, -0.1) is 0 Å². The highest BCUT2D eigenvalue weighted by atomic mass is 32.2. The summed E-state index contributed by atoms with van der Waals surface area (Å²) in [5.41, 5.74) is 0.966. The Morgan fingerprint density at radius 2 is 2.12 bits per heavy atom. The normalized spacial score (nSPS) is 12.4. The monoisotopic (exact) mass is 387 g/mol. The number of hydrogen-bond acceptors (Lipinski definition) is 7. The zero-order valence-electron chi connectivity index (χ0n) is 13.4. The van der Waals surface area contributed by atoms with Gasteiger partial charge in [-0.3, -0.25) is 4.79 Å². The Bertz CT molecular complexity index is 761. The summed E-state index contributed by atoms with van der Waals surface area (Å²) in [5, 5.41) is 34.0. The molecule has 0 aliphatic carbocycles. The van der Waals surface area contributed by atoms with Gasteiger partial charge in [-0.1, -0.05) is 17.4 Å². The quantitative estimate of drug-likeness (QED) is 0.338. The smallest absolute Gasteiger partial charge is 0.404 e. The second-order valence-corrected chi connectivity index (χ2v) is 7.52. The van der Waals surface area contributed by atoms with E-state index in [1.165, 1.54) is 6.07 Å². The number of phenolic OH excluding ortho intramolecular Hbond substituents is 1. The number of hydrogen-bond donors (Lipinski definition) is 6. The third-order valence-corrected chi connectivity index (χ3v) is 5.45. The Labute approximate surface area is 152 Å². The van der Waals surface area contributed by atoms with Crippen LogP contribution in [0.25, 0.3) is 10.2 Å². The average molecular weight is 387 g/mol. The van der Waals surface area contributed by atoms with Crippen LogP contribution < -0.4 is 15.5 Å². The van der Waals surface area contributed by atoms with Gasteiger partial charge < -0.3 is 30.9 Å². The van der Waals surface area contributed by atoms with Crippen LogP contribution in [-0.2, 0) is 0 Å². The van der Waals surface area contributed by atoms with Gasteiger partial charge in [-0.2, -0.15) is 11.8 Å². The van der Waals surface area contributed by atoms with Crippen molar-refractivity contribution in [1.82, 2.24) is 15.6 Å². The van der Waals surface area contributed by atoms with Gasteiger partial charge in [0.1, 0.15) is 11.3 Å². The predicted octanol–water partition coefficient (Wildman–Crippen LogP) is 1.31. The molecule has 1 heterocycles. The van der Waals surface area contributed by atoms with Crippen molar-refractivity contribution in [3.05, 3.63) is 27.4 Å². The van der Waals surface area contributed by atoms with Crippen molar-refractivity contribution < 1.29 is 20.1 Å². The zero-order valence-corrected chi connectivity index (χ0v) is 15.1. The Hall–Kier alpha value is -1.75. The van der Waals surface area contributed by atoms with E-state index in [-0.39, 0.29) is 10.6 Å². The minimum Gasteiger partial charge on any atom is -0.506 e. The number of thiazole rings is 1. The van der Waals surface area contributed by atoms with Crippen molar-refractivity contribution >= 4 is 39.4 Å². The summed E-state index contributed by atoms with van der Waals surface area (Å²) in [6, 6.07) is 3.09. The molecule has 0 aliphatic rings. The molecule has 0 bridgehead atoms. The van der Waals surface area contributed by atoms with E-state index in [2.05, 4.69) is 15.6 Å². The Morgan fingerprint density at radius 3 is 2.88 bits per heavy atom. The summed E-state index contributed by atoms with van der Waals surface area (Å²) in [6.07, 6.45) is -1.01. The Balaban J connectivity index is 1.71. The standard InChI is InChI=1S/C15H21N3O5S2/c19-10-3-2-9(13-12(10)18-15(23)25-13)11(20)8-16-5-7-24-6-1-4-17-14(21)22/h2-3,11,16-17,19-20H,1,4-8H2,(H,18,23)(H,21,22)/t11-/m0/s1. The van der Waals surface area contributed by atoms with Crippen molar-refractivity contribution in [3.63, 3.8) is 0 Å². The number of phenols is 1. The number of carbonyl (C=O) groups is 1. The molecule has 138 valence electrons. The van der Waals surface area contributed by atoms with Crippen molar-refractivity contribution in [2.24, 2.45) is 0 Å². The van der Waals surface area contributed by atoms with Crippen molar-refractivity contribution in [3.8, 4) is 5.75 Å². The molecule has 1 amide bonds. The minimum atomic E-state index is -1.00. The second-order valence-electron chi connectivity index (χ2n) is 5.31. The highest BCUT2D eigenvalue weighted by Crippen LogP contribution is 2.31. The third kappa shape index (κ3) is 5.92. The van der Waals surface area contributed by atoms with E-state index < -0.39 is 12.2 Å². The first-order chi connectivity index (χ1) is 12.0. The largest absolute Gasteiger partial charge is 0.506 e. The van der Waals surface area contributed by atoms with Crippen LogP contribution in [-0.4, -0.2) is 57.5 Å². The lowest BCUT2D eigenvalue weighted by atomic mass is 10.1. The number of aromatic amines is 1. The summed E-state index contributed by atoms with van der Waals surface area (Å²) in [4.78, 5) is 24.0. The van der Waals surface area contributed by atoms with Gasteiger partial charge >= 0.3 is 11.0 Å². The molecule has 1 atom stereocenters. The number of aliphatic hydroxyl groups is 1. The molecule has 0 saturated heterocycles. The fraction of sp³-hybridized carbons (Fsp3) is 0.467. The second kappa shape index (κ2) is 9.66. The summed E-state index contributed by atoms with van der Waals surface area (Å²) in [7, 11) is 0. The summed E-state index contributed by atoms with van der Waals surface area (Å²) < 4.78 is 0.569. The SMILES string of the molecule is O=C(O)NCCCSCCNC[C@H](O)c1ccc(O)c2[nH]c(=O)sc12. The Kier molecular flexibility index (Phi) is 7.56. The van der Waals surface area contributed by atoms with Gasteiger partial charge in [0.05, 0.1) is 10.8 Å². The van der Waals surface area contributed by atoms with Crippen molar-refractivity contribution in [1.29, 1.82) is 0 Å². The van der Waals surface area contributed by atoms with Gasteiger partial charge in [0.2, 0.25) is 0 Å². The molecule has 2 rings (SSSR count). The molecular formula is C15H21N3O5S2. The number of aliphatic hydroxyl groups excluding tert-OH is 1. The van der Waals surface area contributed by atoms with Crippen LogP contribution in [0.5, 0.6) is 5.75 Å². The van der Waals surface area contributed by atoms with Gasteiger partial charge in [0.15, 0.2) is 0 Å². The highest BCUT2D eigenvalue weighted by Gasteiger charge is 2.15. The molecule has 6 N–H and O–H groups in total. The van der Waals surface area contributed by atoms with Crippen LogP contribution >= 0.6 is 23.1 Å². The number of rotatable bonds is 10. The number of thioether (sulfide) groups is 1. The van der Waals surface area contributed by atoms with E-state index in [0.29, 0.717) is 35.4 Å². The molecule has 10 heteroatoms. The van der Waals surface area contributed by atoms with E-state index in [4.69, 9.17) is 5.11 Å². The first-order valence-electron chi connectivity index (χ1n) is 7.77. The molecule has 0 aliphatic heterocycles. The van der Waals surface area contributed by atoms with E-state index >= 15 is 0 Å². The predicted molar refractivity (Wildman–Crippen MR) is 99.9 cm³/mol. The van der Waals surface area contributed by atoms with Crippen LogP contribution in [0.15, 0.2) is 16.9 Å². The number of benzene rings is 1. The fourth-order valence-electron chi connectivity index (χ4n) is 2.27. The van der Waals surface area contributed by atoms with E-state index in [1.54, 1.807) is 17.8 Å². The van der Waals surface area contributed by atoms with E-state index in [0.717, 1.165) is 29.3 Å². The summed E-state index contributed by atoms with van der Waals surface area (Å²) in [6.45, 7) is 1.50. The maximum absolute atomic E-state index is 11.5. The number of H-pyrrole nitrogens is 1. The number of fused-ring (bicyclic) bond motifs is 1. The first kappa shape index (κ1) is 19.6. The van der Waals surface area contributed by atoms with Gasteiger partial charge in [0, 0.05) is 31.0 Å². The van der Waals surface area contributed by atoms with Crippen LogP contribution in [0.2, 0.25) is 0 Å². The molecule has 2 aromatic rings. The van der Waals surface area contributed by atoms with E-state index in [1.807, 2.05) is 0 Å². The molecule has 0 spiro atoms. The molecule has 0 fully saturated rings. The summed E-state index contributed by atoms with van der Waals surface area (Å²) >= 11 is 2.67. The van der Waals surface area contributed by atoms with Crippen molar-refractivity contribution in [2.75, 3.05) is 31.1 Å². The fourth-order valence-corrected chi connectivity index (χ4v) is 4.03. The maximum Gasteiger partial charge on any atom is 0.404 e. The van der Waals surface area contributed by atoms with E-state index in [9.17, 15) is 19.8 Å². The highest BCUT2D eigenvalue weighted by molar-refractivity contribution is 7.99. The summed E-state index contributed by atoms with van der Waals surface area (Å²) in [5.74, 6) is 1.70. The molecule has 0 saturated carbocycles. The van der Waals surface area contributed by atoms with Gasteiger partial charge in [0.25, 0.3) is 0 Å². The molecule has 25 heavy (non-hydrogen) atoms. The number of aromatic hydroxyl groups is 1. The average Bonchev–Trinajstić information content (AvgIpc) is 2.95. The maximum atomic E-state index is 11.5. The van der Waals surface area contributed by atoms with Crippen LogP contribution in [0.3, 0.4) is 0 Å². The lowest BCUT2D eigenvalue weighted by Gasteiger charge is -2.13. The number of nitrogens with one attached hydrogen (secondary N) is 3. The molecule has 0 unspecified atom stereocenters. The van der Waals surface area contributed by atoms with Gasteiger partial charge in [-0.05, 0) is 18.2 Å². The molecule has 1 aromatic heterocycles. The van der Waals surface area contributed by atoms with Crippen LogP contribution in [0, 0.1) is 0 Å². The third-order valence-electron chi connectivity index (χ3n) is 3.45.